The van der Waals surface area contributed by atoms with E-state index in [-0.39, 0.29) is 5.91 Å². The first kappa shape index (κ1) is 13.7. The third-order valence-electron chi connectivity index (χ3n) is 5.17. The lowest BCUT2D eigenvalue weighted by atomic mass is 9.79. The standard InChI is InChI=1S/C16H21N5O/c22-16(14-8-4-10-21-15(14)17-18-19-21)20-9-2-1-7-13(20)11-12-5-3-6-12/h4,8,10,12-13H,1-3,5-7,9,11H2. The highest BCUT2D eigenvalue weighted by Gasteiger charge is 2.32. The van der Waals surface area contributed by atoms with Crippen molar-refractivity contribution >= 4 is 11.6 Å². The van der Waals surface area contributed by atoms with Crippen LogP contribution in [0.25, 0.3) is 5.65 Å². The van der Waals surface area contributed by atoms with Crippen LogP contribution in [-0.2, 0) is 0 Å². The minimum atomic E-state index is 0.0874. The predicted octanol–water partition coefficient (Wildman–Crippen LogP) is 2.31. The van der Waals surface area contributed by atoms with E-state index in [2.05, 4.69) is 20.4 Å². The van der Waals surface area contributed by atoms with Crippen LogP contribution in [0.5, 0.6) is 0 Å². The van der Waals surface area contributed by atoms with Gasteiger partial charge in [0.25, 0.3) is 5.91 Å². The number of fused-ring (bicyclic) bond motifs is 1. The molecule has 4 rings (SSSR count). The molecule has 3 heterocycles. The van der Waals surface area contributed by atoms with Crippen molar-refractivity contribution in [2.75, 3.05) is 6.54 Å². The molecule has 2 aliphatic rings. The van der Waals surface area contributed by atoms with E-state index in [0.717, 1.165) is 25.3 Å². The van der Waals surface area contributed by atoms with Crippen LogP contribution in [0, 0.1) is 5.92 Å². The summed E-state index contributed by atoms with van der Waals surface area (Å²) >= 11 is 0. The third kappa shape index (κ3) is 2.36. The van der Waals surface area contributed by atoms with Crippen LogP contribution < -0.4 is 0 Å². The molecule has 2 aromatic heterocycles. The molecule has 2 aromatic rings. The average molecular weight is 299 g/mol. The second kappa shape index (κ2) is 5.66. The quantitative estimate of drug-likeness (QED) is 0.872. The lowest BCUT2D eigenvalue weighted by Gasteiger charge is -2.39. The number of hydrogen-bond acceptors (Lipinski definition) is 4. The number of likely N-dealkylation sites (tertiary alicyclic amines) is 1. The molecule has 1 aliphatic heterocycles. The zero-order valence-corrected chi connectivity index (χ0v) is 12.7. The zero-order chi connectivity index (χ0) is 14.9. The topological polar surface area (TPSA) is 63.4 Å². The summed E-state index contributed by atoms with van der Waals surface area (Å²) in [5, 5.41) is 11.6. The maximum absolute atomic E-state index is 13.0. The van der Waals surface area contributed by atoms with E-state index in [1.54, 1.807) is 10.7 Å². The van der Waals surface area contributed by atoms with Crippen LogP contribution in [0.4, 0.5) is 0 Å². The van der Waals surface area contributed by atoms with Crippen LogP contribution in [0.3, 0.4) is 0 Å². The lowest BCUT2D eigenvalue weighted by Crippen LogP contribution is -2.45. The van der Waals surface area contributed by atoms with Gasteiger partial charge in [0.1, 0.15) is 0 Å². The summed E-state index contributed by atoms with van der Waals surface area (Å²) in [6.07, 6.45) is 10.4. The van der Waals surface area contributed by atoms with Gasteiger partial charge in [0.2, 0.25) is 0 Å². The third-order valence-corrected chi connectivity index (χ3v) is 5.17. The maximum atomic E-state index is 13.0. The van der Waals surface area contributed by atoms with E-state index in [1.165, 1.54) is 32.1 Å². The lowest BCUT2D eigenvalue weighted by molar-refractivity contribution is 0.0550. The summed E-state index contributed by atoms with van der Waals surface area (Å²) in [5.41, 5.74) is 1.17. The largest absolute Gasteiger partial charge is 0.336 e. The normalized spacial score (nSPS) is 22.7. The van der Waals surface area contributed by atoms with Crippen LogP contribution >= 0.6 is 0 Å². The fourth-order valence-electron chi connectivity index (χ4n) is 3.71. The van der Waals surface area contributed by atoms with E-state index < -0.39 is 0 Å². The van der Waals surface area contributed by atoms with Gasteiger partial charge in [-0.15, -0.1) is 5.10 Å². The molecule has 1 saturated carbocycles. The number of pyridine rings is 1. The van der Waals surface area contributed by atoms with Crippen LogP contribution in [0.2, 0.25) is 0 Å². The molecule has 0 radical (unpaired) electrons. The van der Waals surface area contributed by atoms with Crippen molar-refractivity contribution < 1.29 is 4.79 Å². The second-order valence-corrected chi connectivity index (χ2v) is 6.55. The molecule has 1 atom stereocenters. The van der Waals surface area contributed by atoms with E-state index >= 15 is 0 Å². The fourth-order valence-corrected chi connectivity index (χ4v) is 3.71. The van der Waals surface area contributed by atoms with Gasteiger partial charge in [-0.25, -0.2) is 0 Å². The Balaban J connectivity index is 1.60. The molecule has 1 amide bonds. The first-order valence-electron chi connectivity index (χ1n) is 8.30. The van der Waals surface area contributed by atoms with Gasteiger partial charge in [0.05, 0.1) is 5.56 Å². The number of hydrogen-bond donors (Lipinski definition) is 0. The molecule has 0 N–H and O–H groups in total. The number of nitrogens with zero attached hydrogens (tertiary/aromatic N) is 5. The number of rotatable bonds is 3. The number of carbonyl (C=O) groups is 1. The van der Waals surface area contributed by atoms with Crippen molar-refractivity contribution in [3.8, 4) is 0 Å². The minimum Gasteiger partial charge on any atom is -0.336 e. The van der Waals surface area contributed by atoms with Gasteiger partial charge in [-0.2, -0.15) is 4.52 Å². The van der Waals surface area contributed by atoms with Gasteiger partial charge in [-0.3, -0.25) is 4.79 Å². The minimum absolute atomic E-state index is 0.0874. The zero-order valence-electron chi connectivity index (χ0n) is 12.7. The Morgan fingerprint density at radius 1 is 1.23 bits per heavy atom. The maximum Gasteiger partial charge on any atom is 0.258 e. The smallest absolute Gasteiger partial charge is 0.258 e. The van der Waals surface area contributed by atoms with Crippen molar-refractivity contribution in [1.82, 2.24) is 24.9 Å². The van der Waals surface area contributed by atoms with Gasteiger partial charge in [0.15, 0.2) is 5.65 Å². The average Bonchev–Trinajstić information content (AvgIpc) is 2.99. The highest BCUT2D eigenvalue weighted by molar-refractivity contribution is 5.99. The van der Waals surface area contributed by atoms with Crippen molar-refractivity contribution in [3.05, 3.63) is 23.9 Å². The SMILES string of the molecule is O=C(c1cccn2nnnc12)N1CCCCC1CC1CCC1. The molecule has 2 fully saturated rings. The van der Waals surface area contributed by atoms with Crippen molar-refractivity contribution in [2.24, 2.45) is 5.92 Å². The first-order chi connectivity index (χ1) is 10.8. The van der Waals surface area contributed by atoms with E-state index in [0.29, 0.717) is 17.3 Å². The summed E-state index contributed by atoms with van der Waals surface area (Å²) in [6, 6.07) is 4.06. The van der Waals surface area contributed by atoms with E-state index in [1.807, 2.05) is 12.1 Å². The Morgan fingerprint density at radius 3 is 2.95 bits per heavy atom. The molecule has 22 heavy (non-hydrogen) atoms. The Labute approximate surface area is 129 Å². The Hall–Kier alpha value is -1.98. The molecule has 0 aromatic carbocycles. The van der Waals surface area contributed by atoms with Crippen molar-refractivity contribution in [1.29, 1.82) is 0 Å². The summed E-state index contributed by atoms with van der Waals surface area (Å²) in [5.74, 6) is 0.911. The molecule has 1 unspecified atom stereocenters. The number of piperidine rings is 1. The van der Waals surface area contributed by atoms with Gasteiger partial charge < -0.3 is 4.90 Å². The highest BCUT2D eigenvalue weighted by Crippen LogP contribution is 2.34. The van der Waals surface area contributed by atoms with Crippen LogP contribution in [0.1, 0.15) is 55.3 Å². The van der Waals surface area contributed by atoms with Crippen molar-refractivity contribution in [3.63, 3.8) is 0 Å². The molecule has 116 valence electrons. The predicted molar refractivity (Wildman–Crippen MR) is 81.4 cm³/mol. The molecule has 1 aliphatic carbocycles. The van der Waals surface area contributed by atoms with Gasteiger partial charge in [0, 0.05) is 18.8 Å². The van der Waals surface area contributed by atoms with Crippen LogP contribution in [-0.4, -0.2) is 43.4 Å². The van der Waals surface area contributed by atoms with E-state index in [4.69, 9.17) is 0 Å². The fraction of sp³-hybridized carbons (Fsp3) is 0.625. The Bertz CT molecular complexity index is 678. The molecule has 6 nitrogen and oxygen atoms in total. The number of carbonyl (C=O) groups excluding carboxylic acids is 1. The van der Waals surface area contributed by atoms with Gasteiger partial charge >= 0.3 is 0 Å². The number of tetrazole rings is 1. The number of amides is 1. The summed E-state index contributed by atoms with van der Waals surface area (Å²) < 4.78 is 1.57. The Kier molecular flexibility index (Phi) is 3.52. The molecule has 0 bridgehead atoms. The molecule has 0 spiro atoms. The summed E-state index contributed by atoms with van der Waals surface area (Å²) in [7, 11) is 0. The van der Waals surface area contributed by atoms with E-state index in [9.17, 15) is 4.79 Å². The first-order valence-corrected chi connectivity index (χ1v) is 8.30. The molecule has 6 heteroatoms. The van der Waals surface area contributed by atoms with Gasteiger partial charge in [-0.05, 0) is 54.2 Å². The van der Waals surface area contributed by atoms with Gasteiger partial charge in [-0.1, -0.05) is 19.3 Å². The highest BCUT2D eigenvalue weighted by atomic mass is 16.2. The summed E-state index contributed by atoms with van der Waals surface area (Å²) in [6.45, 7) is 0.860. The number of aromatic nitrogens is 4. The second-order valence-electron chi connectivity index (χ2n) is 6.55. The molecular formula is C16H21N5O. The van der Waals surface area contributed by atoms with Crippen LogP contribution in [0.15, 0.2) is 18.3 Å². The van der Waals surface area contributed by atoms with Crippen molar-refractivity contribution in [2.45, 2.75) is 51.0 Å². The summed E-state index contributed by atoms with van der Waals surface area (Å²) in [4.78, 5) is 15.1. The molecular weight excluding hydrogens is 278 g/mol. The monoisotopic (exact) mass is 299 g/mol. The molecule has 1 saturated heterocycles. The Morgan fingerprint density at radius 2 is 2.14 bits per heavy atom.